The van der Waals surface area contributed by atoms with Gasteiger partial charge >= 0.3 is 0 Å². The lowest BCUT2D eigenvalue weighted by Gasteiger charge is -2.02. The molecule has 0 unspecified atom stereocenters. The highest BCUT2D eigenvalue weighted by molar-refractivity contribution is 9.10. The summed E-state index contributed by atoms with van der Waals surface area (Å²) in [6.45, 7) is 0. The Labute approximate surface area is 118 Å². The molecule has 17 heavy (non-hydrogen) atoms. The molecule has 88 valence electrons. The quantitative estimate of drug-likeness (QED) is 0.619. The first-order valence-corrected chi connectivity index (χ1v) is 7.34. The molecular weight excluding hydrogens is 320 g/mol. The van der Waals surface area contributed by atoms with E-state index in [0.29, 0.717) is 5.88 Å². The molecule has 0 saturated carbocycles. The molecule has 0 N–H and O–H groups in total. The van der Waals surface area contributed by atoms with Crippen LogP contribution in [0.2, 0.25) is 0 Å². The maximum atomic E-state index is 5.73. The molecule has 2 nitrogen and oxygen atoms in total. The fourth-order valence-corrected chi connectivity index (χ4v) is 2.81. The molecule has 1 aromatic heterocycles. The number of halogens is 2. The summed E-state index contributed by atoms with van der Waals surface area (Å²) in [4.78, 5) is 9.77. The summed E-state index contributed by atoms with van der Waals surface area (Å²) in [7, 11) is 0. The molecule has 0 amide bonds. The third-order valence-corrected chi connectivity index (χ3v) is 3.82. The van der Waals surface area contributed by atoms with E-state index in [9.17, 15) is 0 Å². The lowest BCUT2D eigenvalue weighted by Crippen LogP contribution is -1.95. The Morgan fingerprint density at radius 3 is 2.94 bits per heavy atom. The van der Waals surface area contributed by atoms with Crippen LogP contribution >= 0.6 is 39.3 Å². The van der Waals surface area contributed by atoms with Crippen molar-refractivity contribution in [3.63, 3.8) is 0 Å². The smallest absolute Gasteiger partial charge is 0.138 e. The number of hydrogen-bond donors (Lipinski definition) is 0. The van der Waals surface area contributed by atoms with Gasteiger partial charge < -0.3 is 0 Å². The highest BCUT2D eigenvalue weighted by Crippen LogP contribution is 2.24. The number of thioether (sulfide) groups is 1. The van der Waals surface area contributed by atoms with Gasteiger partial charge in [-0.25, -0.2) is 9.97 Å². The zero-order valence-corrected chi connectivity index (χ0v) is 12.1. The molecule has 2 aromatic rings. The largest absolute Gasteiger partial charge is 0.240 e. The lowest BCUT2D eigenvalue weighted by molar-refractivity contribution is 0.986. The molecule has 0 aliphatic carbocycles. The second kappa shape index (κ2) is 6.38. The summed E-state index contributed by atoms with van der Waals surface area (Å²) in [5.41, 5.74) is 0.867. The average Bonchev–Trinajstić information content (AvgIpc) is 2.37. The maximum Gasteiger partial charge on any atom is 0.138 e. The Bertz CT molecular complexity index is 507. The normalized spacial score (nSPS) is 10.5. The predicted octanol–water partition coefficient (Wildman–Crippen LogP) is 4.27. The van der Waals surface area contributed by atoms with Crippen LogP contribution < -0.4 is 0 Å². The Balaban J connectivity index is 2.02. The number of benzene rings is 1. The SMILES string of the molecule is ClCc1ccnc(CSc2cccc(Br)c2)n1. The van der Waals surface area contributed by atoms with Crippen LogP contribution in [0.4, 0.5) is 0 Å². The molecule has 1 aromatic carbocycles. The van der Waals surface area contributed by atoms with Crippen molar-refractivity contribution < 1.29 is 0 Å². The molecule has 0 spiro atoms. The number of nitrogens with zero attached hydrogens (tertiary/aromatic N) is 2. The van der Waals surface area contributed by atoms with Crippen molar-refractivity contribution in [2.24, 2.45) is 0 Å². The van der Waals surface area contributed by atoms with Crippen molar-refractivity contribution >= 4 is 39.3 Å². The fraction of sp³-hybridized carbons (Fsp3) is 0.167. The number of hydrogen-bond acceptors (Lipinski definition) is 3. The molecule has 2 rings (SSSR count). The van der Waals surface area contributed by atoms with Crippen LogP contribution in [0.15, 0.2) is 45.9 Å². The van der Waals surface area contributed by atoms with Gasteiger partial charge in [0.05, 0.1) is 17.3 Å². The maximum absolute atomic E-state index is 5.73. The Morgan fingerprint density at radius 1 is 1.29 bits per heavy atom. The number of alkyl halides is 1. The third kappa shape index (κ3) is 3.98. The van der Waals surface area contributed by atoms with E-state index in [0.717, 1.165) is 21.7 Å². The van der Waals surface area contributed by atoms with E-state index in [4.69, 9.17) is 11.6 Å². The van der Waals surface area contributed by atoms with Gasteiger partial charge in [0.2, 0.25) is 0 Å². The molecule has 0 atom stereocenters. The van der Waals surface area contributed by atoms with Crippen LogP contribution in [0, 0.1) is 0 Å². The first-order chi connectivity index (χ1) is 8.28. The van der Waals surface area contributed by atoms with Gasteiger partial charge in [-0.3, -0.25) is 0 Å². The van der Waals surface area contributed by atoms with Crippen molar-refractivity contribution in [1.82, 2.24) is 9.97 Å². The third-order valence-electron chi connectivity index (χ3n) is 2.06. The van der Waals surface area contributed by atoms with E-state index < -0.39 is 0 Å². The molecular formula is C12H10BrClN2S. The van der Waals surface area contributed by atoms with Crippen LogP contribution in [0.25, 0.3) is 0 Å². The first-order valence-electron chi connectivity index (χ1n) is 5.03. The van der Waals surface area contributed by atoms with Gasteiger partial charge in [-0.1, -0.05) is 22.0 Å². The number of aromatic nitrogens is 2. The minimum absolute atomic E-state index is 0.428. The molecule has 0 radical (unpaired) electrons. The van der Waals surface area contributed by atoms with Crippen LogP contribution in [-0.4, -0.2) is 9.97 Å². The highest BCUT2D eigenvalue weighted by atomic mass is 79.9. The van der Waals surface area contributed by atoms with Crippen LogP contribution in [0.5, 0.6) is 0 Å². The Morgan fingerprint density at radius 2 is 2.18 bits per heavy atom. The lowest BCUT2D eigenvalue weighted by atomic mass is 10.4. The highest BCUT2D eigenvalue weighted by Gasteiger charge is 2.01. The standard InChI is InChI=1S/C12H10BrClN2S/c13-9-2-1-3-11(6-9)17-8-12-15-5-4-10(7-14)16-12/h1-6H,7-8H2. The second-order valence-corrected chi connectivity index (χ2v) is 5.58. The van der Waals surface area contributed by atoms with E-state index >= 15 is 0 Å². The van der Waals surface area contributed by atoms with Gasteiger partial charge in [0.15, 0.2) is 0 Å². The van der Waals surface area contributed by atoms with E-state index in [1.807, 2.05) is 18.2 Å². The zero-order chi connectivity index (χ0) is 12.1. The Hall–Kier alpha value is -0.580. The topological polar surface area (TPSA) is 25.8 Å². The monoisotopic (exact) mass is 328 g/mol. The van der Waals surface area contributed by atoms with Crippen LogP contribution in [0.1, 0.15) is 11.5 Å². The fourth-order valence-electron chi connectivity index (χ4n) is 1.29. The van der Waals surface area contributed by atoms with E-state index in [1.54, 1.807) is 18.0 Å². The molecule has 0 saturated heterocycles. The van der Waals surface area contributed by atoms with Crippen LogP contribution in [-0.2, 0) is 11.6 Å². The van der Waals surface area contributed by atoms with Crippen molar-refractivity contribution in [2.45, 2.75) is 16.5 Å². The van der Waals surface area contributed by atoms with Gasteiger partial charge in [0.1, 0.15) is 5.82 Å². The molecule has 0 aliphatic heterocycles. The zero-order valence-electron chi connectivity index (χ0n) is 8.94. The summed E-state index contributed by atoms with van der Waals surface area (Å²) >= 11 is 10.9. The summed E-state index contributed by atoms with van der Waals surface area (Å²) < 4.78 is 1.08. The summed E-state index contributed by atoms with van der Waals surface area (Å²) in [6.07, 6.45) is 1.75. The van der Waals surface area contributed by atoms with E-state index in [-0.39, 0.29) is 0 Å². The van der Waals surface area contributed by atoms with Crippen molar-refractivity contribution in [1.29, 1.82) is 0 Å². The minimum Gasteiger partial charge on any atom is -0.240 e. The minimum atomic E-state index is 0.428. The summed E-state index contributed by atoms with van der Waals surface area (Å²) in [6, 6.07) is 10.0. The predicted molar refractivity (Wildman–Crippen MR) is 75.3 cm³/mol. The van der Waals surface area contributed by atoms with Crippen molar-refractivity contribution in [3.8, 4) is 0 Å². The molecule has 1 heterocycles. The van der Waals surface area contributed by atoms with E-state index in [2.05, 4.69) is 38.0 Å². The van der Waals surface area contributed by atoms with Gasteiger partial charge in [0, 0.05) is 15.6 Å². The van der Waals surface area contributed by atoms with E-state index in [1.165, 1.54) is 4.90 Å². The van der Waals surface area contributed by atoms with Crippen molar-refractivity contribution in [3.05, 3.63) is 52.5 Å². The average molecular weight is 330 g/mol. The molecule has 0 bridgehead atoms. The Kier molecular flexibility index (Phi) is 4.83. The molecule has 5 heteroatoms. The molecule has 0 fully saturated rings. The number of rotatable bonds is 4. The van der Waals surface area contributed by atoms with Gasteiger partial charge in [-0.05, 0) is 24.3 Å². The van der Waals surface area contributed by atoms with Crippen LogP contribution in [0.3, 0.4) is 0 Å². The first kappa shape index (κ1) is 12.9. The van der Waals surface area contributed by atoms with Gasteiger partial charge in [-0.15, -0.1) is 23.4 Å². The summed E-state index contributed by atoms with van der Waals surface area (Å²) in [5.74, 6) is 1.99. The summed E-state index contributed by atoms with van der Waals surface area (Å²) in [5, 5.41) is 0. The van der Waals surface area contributed by atoms with Gasteiger partial charge in [0.25, 0.3) is 0 Å². The second-order valence-electron chi connectivity index (χ2n) is 3.34. The molecule has 0 aliphatic rings. The van der Waals surface area contributed by atoms with Gasteiger partial charge in [-0.2, -0.15) is 0 Å². The van der Waals surface area contributed by atoms with Crippen molar-refractivity contribution in [2.75, 3.05) is 0 Å².